The van der Waals surface area contributed by atoms with E-state index in [0.29, 0.717) is 11.7 Å². The number of rotatable bonds is 2. The number of likely N-dealkylation sites (tertiary alicyclic amines) is 1. The first-order valence-corrected chi connectivity index (χ1v) is 7.17. The van der Waals surface area contributed by atoms with Gasteiger partial charge in [-0.25, -0.2) is 0 Å². The molecule has 3 rings (SSSR count). The molecule has 0 saturated carbocycles. The first-order chi connectivity index (χ1) is 8.61. The lowest BCUT2D eigenvalue weighted by Crippen LogP contribution is -2.49. The predicted molar refractivity (Wildman–Crippen MR) is 74.2 cm³/mol. The van der Waals surface area contributed by atoms with E-state index >= 15 is 0 Å². The lowest BCUT2D eigenvalue weighted by molar-refractivity contribution is 0.154. The summed E-state index contributed by atoms with van der Waals surface area (Å²) in [5.74, 6) is 1.01. The fraction of sp³-hybridized carbons (Fsp3) is 0.625. The Morgan fingerprint density at radius 3 is 2.72 bits per heavy atom. The van der Waals surface area contributed by atoms with E-state index in [0.717, 1.165) is 6.54 Å². The molecule has 0 spiro atoms. The zero-order chi connectivity index (χ0) is 12.8. The summed E-state index contributed by atoms with van der Waals surface area (Å²) in [6, 6.07) is 5.88. The standard InChI is InChI=1S/C16H23NO/c1-12-14-7-6-13(18)10-15(14)16(12,2)11-17-8-4-3-5-9-17/h6-7,10,12,18H,3-5,8-9,11H2,1-2H3. The third-order valence-corrected chi connectivity index (χ3v) is 5.08. The van der Waals surface area contributed by atoms with E-state index in [-0.39, 0.29) is 5.41 Å². The molecule has 2 aliphatic rings. The molecule has 2 atom stereocenters. The summed E-state index contributed by atoms with van der Waals surface area (Å²) in [5, 5.41) is 9.68. The van der Waals surface area contributed by atoms with Crippen LogP contribution in [0.4, 0.5) is 0 Å². The molecular formula is C16H23NO. The maximum absolute atomic E-state index is 9.68. The summed E-state index contributed by atoms with van der Waals surface area (Å²) in [4.78, 5) is 2.60. The highest BCUT2D eigenvalue weighted by atomic mass is 16.3. The highest BCUT2D eigenvalue weighted by Crippen LogP contribution is 2.52. The first-order valence-electron chi connectivity index (χ1n) is 7.17. The van der Waals surface area contributed by atoms with Crippen molar-refractivity contribution >= 4 is 0 Å². The van der Waals surface area contributed by atoms with Gasteiger partial charge in [-0.15, -0.1) is 0 Å². The Bertz CT molecular complexity index is 450. The van der Waals surface area contributed by atoms with Crippen LogP contribution in [-0.4, -0.2) is 29.6 Å². The minimum atomic E-state index is 0.228. The molecule has 0 radical (unpaired) electrons. The van der Waals surface area contributed by atoms with Gasteiger partial charge in [0.1, 0.15) is 5.75 Å². The summed E-state index contributed by atoms with van der Waals surface area (Å²) < 4.78 is 0. The van der Waals surface area contributed by atoms with Crippen LogP contribution >= 0.6 is 0 Å². The topological polar surface area (TPSA) is 23.5 Å². The van der Waals surface area contributed by atoms with Crippen molar-refractivity contribution in [3.05, 3.63) is 29.3 Å². The van der Waals surface area contributed by atoms with Gasteiger partial charge in [0.2, 0.25) is 0 Å². The largest absolute Gasteiger partial charge is 0.508 e. The maximum atomic E-state index is 9.68. The van der Waals surface area contributed by atoms with E-state index in [4.69, 9.17) is 0 Å². The van der Waals surface area contributed by atoms with Gasteiger partial charge < -0.3 is 10.0 Å². The number of piperidine rings is 1. The maximum Gasteiger partial charge on any atom is 0.115 e. The quantitative estimate of drug-likeness (QED) is 0.864. The zero-order valence-corrected chi connectivity index (χ0v) is 11.4. The predicted octanol–water partition coefficient (Wildman–Crippen LogP) is 3.25. The fourth-order valence-corrected chi connectivity index (χ4v) is 3.72. The van der Waals surface area contributed by atoms with Gasteiger partial charge >= 0.3 is 0 Å². The first kappa shape index (κ1) is 12.0. The Balaban J connectivity index is 1.82. The third kappa shape index (κ3) is 1.74. The van der Waals surface area contributed by atoms with Gasteiger partial charge in [0.25, 0.3) is 0 Å². The van der Waals surface area contributed by atoms with Crippen molar-refractivity contribution < 1.29 is 5.11 Å². The van der Waals surface area contributed by atoms with Crippen LogP contribution in [0.15, 0.2) is 18.2 Å². The van der Waals surface area contributed by atoms with Crippen molar-refractivity contribution in [2.24, 2.45) is 0 Å². The van der Waals surface area contributed by atoms with Crippen LogP contribution in [0.3, 0.4) is 0 Å². The summed E-state index contributed by atoms with van der Waals surface area (Å²) >= 11 is 0. The van der Waals surface area contributed by atoms with Crippen molar-refractivity contribution in [1.29, 1.82) is 0 Å². The molecule has 0 aromatic heterocycles. The molecule has 1 aromatic carbocycles. The average Bonchev–Trinajstić information content (AvgIpc) is 2.39. The van der Waals surface area contributed by atoms with E-state index in [1.54, 1.807) is 0 Å². The normalized spacial score (nSPS) is 31.8. The van der Waals surface area contributed by atoms with E-state index < -0.39 is 0 Å². The number of hydrogen-bond acceptors (Lipinski definition) is 2. The Morgan fingerprint density at radius 1 is 1.28 bits per heavy atom. The van der Waals surface area contributed by atoms with Gasteiger partial charge in [0.05, 0.1) is 0 Å². The van der Waals surface area contributed by atoms with E-state index in [9.17, 15) is 5.11 Å². The summed E-state index contributed by atoms with van der Waals surface area (Å²) in [7, 11) is 0. The van der Waals surface area contributed by atoms with Crippen LogP contribution in [0, 0.1) is 0 Å². The second kappa shape index (κ2) is 4.27. The van der Waals surface area contributed by atoms with Crippen molar-refractivity contribution in [1.82, 2.24) is 4.90 Å². The minimum absolute atomic E-state index is 0.228. The molecule has 1 heterocycles. The van der Waals surface area contributed by atoms with Gasteiger partial charge in [-0.1, -0.05) is 26.3 Å². The van der Waals surface area contributed by atoms with E-state index in [1.807, 2.05) is 12.1 Å². The molecule has 2 unspecified atom stereocenters. The highest BCUT2D eigenvalue weighted by Gasteiger charge is 2.46. The van der Waals surface area contributed by atoms with Gasteiger partial charge in [-0.3, -0.25) is 0 Å². The van der Waals surface area contributed by atoms with Crippen LogP contribution in [0.5, 0.6) is 5.75 Å². The van der Waals surface area contributed by atoms with Gasteiger partial charge in [-0.05, 0) is 55.1 Å². The van der Waals surface area contributed by atoms with Crippen molar-refractivity contribution in [2.75, 3.05) is 19.6 Å². The molecule has 2 nitrogen and oxygen atoms in total. The number of hydrogen-bond donors (Lipinski definition) is 1. The molecule has 1 aliphatic carbocycles. The van der Waals surface area contributed by atoms with Crippen molar-refractivity contribution in [2.45, 2.75) is 44.4 Å². The fourth-order valence-electron chi connectivity index (χ4n) is 3.72. The summed E-state index contributed by atoms with van der Waals surface area (Å²) in [6.45, 7) is 8.31. The van der Waals surface area contributed by atoms with Crippen LogP contribution < -0.4 is 0 Å². The number of aromatic hydroxyl groups is 1. The molecule has 18 heavy (non-hydrogen) atoms. The van der Waals surface area contributed by atoms with Crippen molar-refractivity contribution in [3.63, 3.8) is 0 Å². The monoisotopic (exact) mass is 245 g/mol. The molecule has 1 aromatic rings. The van der Waals surface area contributed by atoms with Crippen LogP contribution in [0.2, 0.25) is 0 Å². The molecule has 1 fully saturated rings. The van der Waals surface area contributed by atoms with E-state index in [1.165, 1.54) is 43.5 Å². The molecule has 2 heteroatoms. The molecule has 98 valence electrons. The molecule has 1 saturated heterocycles. The molecule has 1 N–H and O–H groups in total. The lowest BCUT2D eigenvalue weighted by atomic mass is 9.57. The SMILES string of the molecule is CC1c2ccc(O)cc2C1(C)CN1CCCCC1. The molecular weight excluding hydrogens is 222 g/mol. The number of fused-ring (bicyclic) bond motifs is 1. The second-order valence-corrected chi connectivity index (χ2v) is 6.25. The third-order valence-electron chi connectivity index (χ3n) is 5.08. The Kier molecular flexibility index (Phi) is 2.86. The molecule has 0 bridgehead atoms. The summed E-state index contributed by atoms with van der Waals surface area (Å²) in [6.07, 6.45) is 4.08. The highest BCUT2D eigenvalue weighted by molar-refractivity contribution is 5.52. The van der Waals surface area contributed by atoms with Crippen LogP contribution in [0.25, 0.3) is 0 Å². The van der Waals surface area contributed by atoms with Crippen LogP contribution in [-0.2, 0) is 5.41 Å². The smallest absolute Gasteiger partial charge is 0.115 e. The van der Waals surface area contributed by atoms with Crippen molar-refractivity contribution in [3.8, 4) is 5.75 Å². The molecule has 1 aliphatic heterocycles. The van der Waals surface area contributed by atoms with Gasteiger partial charge in [-0.2, -0.15) is 0 Å². The number of phenols is 1. The number of nitrogens with zero attached hydrogens (tertiary/aromatic N) is 1. The Morgan fingerprint density at radius 2 is 2.00 bits per heavy atom. The Labute approximate surface area is 110 Å². The summed E-state index contributed by atoms with van der Waals surface area (Å²) in [5.41, 5.74) is 3.01. The number of phenolic OH excluding ortho intramolecular Hbond substituents is 1. The minimum Gasteiger partial charge on any atom is -0.508 e. The van der Waals surface area contributed by atoms with E-state index in [2.05, 4.69) is 24.8 Å². The average molecular weight is 245 g/mol. The molecule has 0 amide bonds. The van der Waals surface area contributed by atoms with Crippen LogP contribution in [0.1, 0.15) is 50.2 Å². The zero-order valence-electron chi connectivity index (χ0n) is 11.4. The second-order valence-electron chi connectivity index (χ2n) is 6.25. The Hall–Kier alpha value is -1.02. The number of benzene rings is 1. The van der Waals surface area contributed by atoms with Gasteiger partial charge in [0, 0.05) is 12.0 Å². The lowest BCUT2D eigenvalue weighted by Gasteiger charge is -2.50. The van der Waals surface area contributed by atoms with Gasteiger partial charge in [0.15, 0.2) is 0 Å².